The van der Waals surface area contributed by atoms with Crippen LogP contribution in [0.5, 0.6) is 0 Å². The van der Waals surface area contributed by atoms with E-state index in [9.17, 15) is 0 Å². The minimum Gasteiger partial charge on any atom is -0.0624 e. The van der Waals surface area contributed by atoms with Crippen molar-refractivity contribution in [1.29, 1.82) is 0 Å². The lowest BCUT2D eigenvalue weighted by molar-refractivity contribution is 1.48. The van der Waals surface area contributed by atoms with Gasteiger partial charge in [-0.05, 0) is 13.8 Å². The maximum absolute atomic E-state index is 2.34. The summed E-state index contributed by atoms with van der Waals surface area (Å²) in [6.45, 7) is 4.34. The number of hydrogen-bond acceptors (Lipinski definition) is 0. The van der Waals surface area contributed by atoms with Crippen molar-refractivity contribution in [2.45, 2.75) is 13.8 Å². The molecule has 0 aliphatic carbocycles. The molecule has 1 radical (unpaired) electrons. The van der Waals surface area contributed by atoms with Crippen LogP contribution in [0.1, 0.15) is 11.1 Å². The summed E-state index contributed by atoms with van der Waals surface area (Å²) in [5, 5.41) is 4.35. The van der Waals surface area contributed by atoms with Crippen LogP contribution < -0.4 is 15.6 Å². The molecule has 0 heterocycles. The molecule has 0 nitrogen and oxygen atoms in total. The molecule has 0 spiro atoms. The van der Waals surface area contributed by atoms with Gasteiger partial charge in [0.05, 0.1) is 0 Å². The molecule has 0 N–H and O–H groups in total. The summed E-state index contributed by atoms with van der Waals surface area (Å²) in [5.41, 5.74) is 2.66. The Morgan fingerprint density at radius 1 is 0.524 bits per heavy atom. The number of aryl methyl sites for hydroxylation is 2. The van der Waals surface area contributed by atoms with Gasteiger partial charge in [0.25, 0.3) is 0 Å². The van der Waals surface area contributed by atoms with E-state index >= 15 is 0 Å². The van der Waals surface area contributed by atoms with Crippen LogP contribution in [0.4, 0.5) is 0 Å². The lowest BCUT2D eigenvalue weighted by Crippen LogP contribution is -2.52. The predicted molar refractivity (Wildman–Crippen MR) is 93.5 cm³/mol. The normalized spacial score (nSPS) is 10.8. The first-order valence-corrected chi connectivity index (χ1v) is 8.80. The topological polar surface area (TPSA) is 0 Å². The number of rotatable bonds is 3. The number of hydrogen-bond donors (Lipinski definition) is 0. The minimum atomic E-state index is -0.922. The monoisotopic (exact) mass is 287 g/mol. The number of benzene rings is 3. The van der Waals surface area contributed by atoms with Crippen LogP contribution in [0.25, 0.3) is 0 Å². The van der Waals surface area contributed by atoms with Crippen molar-refractivity contribution in [1.82, 2.24) is 0 Å². The highest BCUT2D eigenvalue weighted by Crippen LogP contribution is 2.00. The first-order valence-electron chi connectivity index (χ1n) is 7.30. The highest BCUT2D eigenvalue weighted by molar-refractivity contribution is 6.95. The third-order valence-corrected chi connectivity index (χ3v) is 6.36. The molecule has 0 fully saturated rings. The van der Waals surface area contributed by atoms with Gasteiger partial charge in [0.1, 0.15) is 0 Å². The molecule has 1 heteroatoms. The molecular formula is C20H19Si. The van der Waals surface area contributed by atoms with Gasteiger partial charge in [-0.1, -0.05) is 106 Å². The molecule has 21 heavy (non-hydrogen) atoms. The first kappa shape index (κ1) is 13.8. The fraction of sp³-hybridized carbons (Fsp3) is 0.100. The summed E-state index contributed by atoms with van der Waals surface area (Å²) >= 11 is 0. The molecule has 0 amide bonds. The lowest BCUT2D eigenvalue weighted by Gasteiger charge is -2.17. The maximum atomic E-state index is 2.34. The van der Waals surface area contributed by atoms with Crippen LogP contribution in [-0.4, -0.2) is 8.80 Å². The van der Waals surface area contributed by atoms with E-state index in [1.165, 1.54) is 26.7 Å². The quantitative estimate of drug-likeness (QED) is 0.513. The molecule has 0 bridgehead atoms. The average molecular weight is 287 g/mol. The van der Waals surface area contributed by atoms with E-state index < -0.39 is 8.80 Å². The van der Waals surface area contributed by atoms with Crippen LogP contribution in [-0.2, 0) is 0 Å². The van der Waals surface area contributed by atoms with E-state index in [1.807, 2.05) is 0 Å². The highest BCUT2D eigenvalue weighted by Gasteiger charge is 2.19. The van der Waals surface area contributed by atoms with Crippen LogP contribution in [0.15, 0.2) is 78.9 Å². The van der Waals surface area contributed by atoms with E-state index in [1.54, 1.807) is 0 Å². The standard InChI is InChI=1S/C20H19Si/c1-16-8-6-12-19(14-16)21(18-10-4-3-5-11-18)20-13-7-9-17(2)15-20/h3-15H,1-2H3. The Morgan fingerprint density at radius 3 is 1.48 bits per heavy atom. The van der Waals surface area contributed by atoms with Crippen molar-refractivity contribution in [2.24, 2.45) is 0 Å². The molecule has 0 unspecified atom stereocenters. The summed E-state index contributed by atoms with van der Waals surface area (Å²) in [6, 6.07) is 28.8. The fourth-order valence-corrected chi connectivity index (χ4v) is 5.50. The van der Waals surface area contributed by atoms with Crippen molar-refractivity contribution in [2.75, 3.05) is 0 Å². The fourth-order valence-electron chi connectivity index (χ4n) is 2.71. The van der Waals surface area contributed by atoms with Crippen LogP contribution in [0.2, 0.25) is 0 Å². The van der Waals surface area contributed by atoms with Crippen LogP contribution >= 0.6 is 0 Å². The molecule has 0 aliphatic rings. The molecule has 0 aliphatic heterocycles. The predicted octanol–water partition coefficient (Wildman–Crippen LogP) is 2.82. The van der Waals surface area contributed by atoms with E-state index in [4.69, 9.17) is 0 Å². The first-order chi connectivity index (χ1) is 10.2. The van der Waals surface area contributed by atoms with E-state index in [-0.39, 0.29) is 0 Å². The van der Waals surface area contributed by atoms with Gasteiger partial charge < -0.3 is 0 Å². The van der Waals surface area contributed by atoms with Gasteiger partial charge >= 0.3 is 0 Å². The zero-order chi connectivity index (χ0) is 14.7. The minimum absolute atomic E-state index is 0.922. The molecule has 3 rings (SSSR count). The Morgan fingerprint density at radius 2 is 1.00 bits per heavy atom. The van der Waals surface area contributed by atoms with Gasteiger partial charge in [0, 0.05) is 0 Å². The third kappa shape index (κ3) is 3.14. The van der Waals surface area contributed by atoms with E-state index in [0.29, 0.717) is 0 Å². The van der Waals surface area contributed by atoms with Gasteiger partial charge in [0.2, 0.25) is 0 Å². The molecule has 3 aromatic rings. The summed E-state index contributed by atoms with van der Waals surface area (Å²) in [7, 11) is -0.922. The van der Waals surface area contributed by atoms with Gasteiger partial charge in [0.15, 0.2) is 8.80 Å². The largest absolute Gasteiger partial charge is 0.154 e. The van der Waals surface area contributed by atoms with E-state index in [2.05, 4.69) is 92.7 Å². The SMILES string of the molecule is Cc1cccc([Si](c2ccccc2)c2cccc(C)c2)c1. The maximum Gasteiger partial charge on any atom is 0.154 e. The van der Waals surface area contributed by atoms with Crippen LogP contribution in [0.3, 0.4) is 0 Å². The second kappa shape index (κ2) is 6.11. The van der Waals surface area contributed by atoms with Gasteiger partial charge in [-0.25, -0.2) is 0 Å². The summed E-state index contributed by atoms with van der Waals surface area (Å²) in [6.07, 6.45) is 0. The smallest absolute Gasteiger partial charge is 0.0624 e. The van der Waals surface area contributed by atoms with Gasteiger partial charge in [-0.15, -0.1) is 0 Å². The second-order valence-corrected chi connectivity index (χ2v) is 7.96. The van der Waals surface area contributed by atoms with Crippen molar-refractivity contribution < 1.29 is 0 Å². The molecule has 103 valence electrons. The van der Waals surface area contributed by atoms with Crippen molar-refractivity contribution in [3.8, 4) is 0 Å². The summed E-state index contributed by atoms with van der Waals surface area (Å²) < 4.78 is 0. The summed E-state index contributed by atoms with van der Waals surface area (Å²) in [5.74, 6) is 0. The Labute approximate surface area is 128 Å². The lowest BCUT2D eigenvalue weighted by atomic mass is 10.2. The zero-order valence-electron chi connectivity index (χ0n) is 12.5. The second-order valence-electron chi connectivity index (χ2n) is 5.48. The Bertz CT molecular complexity index is 686. The highest BCUT2D eigenvalue weighted by atomic mass is 28.3. The van der Waals surface area contributed by atoms with Gasteiger partial charge in [-0.3, -0.25) is 0 Å². The molecule has 0 saturated carbocycles. The van der Waals surface area contributed by atoms with Gasteiger partial charge in [-0.2, -0.15) is 0 Å². The van der Waals surface area contributed by atoms with Crippen molar-refractivity contribution >= 4 is 24.4 Å². The molecule has 3 aromatic carbocycles. The molecular weight excluding hydrogens is 268 g/mol. The molecule has 0 aromatic heterocycles. The Kier molecular flexibility index (Phi) is 4.02. The van der Waals surface area contributed by atoms with Crippen LogP contribution in [0, 0.1) is 13.8 Å². The zero-order valence-corrected chi connectivity index (χ0v) is 13.5. The van der Waals surface area contributed by atoms with E-state index in [0.717, 1.165) is 0 Å². The third-order valence-electron chi connectivity index (χ3n) is 3.68. The van der Waals surface area contributed by atoms with Crippen molar-refractivity contribution in [3.63, 3.8) is 0 Å². The molecule has 0 saturated heterocycles. The average Bonchev–Trinajstić information content (AvgIpc) is 2.49. The summed E-state index contributed by atoms with van der Waals surface area (Å²) in [4.78, 5) is 0. The van der Waals surface area contributed by atoms with Crippen molar-refractivity contribution in [3.05, 3.63) is 90.0 Å². The Hall–Kier alpha value is -2.12. The Balaban J connectivity index is 2.16. The molecule has 0 atom stereocenters.